The van der Waals surface area contributed by atoms with E-state index in [1.165, 1.54) is 0 Å². The second-order valence-electron chi connectivity index (χ2n) is 4.77. The van der Waals surface area contributed by atoms with E-state index >= 15 is 0 Å². The van der Waals surface area contributed by atoms with E-state index in [4.69, 9.17) is 0 Å². The lowest BCUT2D eigenvalue weighted by Crippen LogP contribution is -2.45. The minimum Gasteiger partial charge on any atom is -0.344 e. The van der Waals surface area contributed by atoms with E-state index in [1.54, 1.807) is 17.3 Å². The Morgan fingerprint density at radius 2 is 2.32 bits per heavy atom. The van der Waals surface area contributed by atoms with Gasteiger partial charge in [0, 0.05) is 25.4 Å². The number of hydrogen-bond donors (Lipinski definition) is 1. The Balaban J connectivity index is 2.22. The molecule has 5 heteroatoms. The number of nitrogens with zero attached hydrogens (tertiary/aromatic N) is 2. The Hall–Kier alpha value is -1.91. The van der Waals surface area contributed by atoms with Crippen LogP contribution >= 0.6 is 0 Å². The molecule has 0 aliphatic carbocycles. The van der Waals surface area contributed by atoms with Crippen molar-refractivity contribution in [2.24, 2.45) is 0 Å². The van der Waals surface area contributed by atoms with E-state index in [0.29, 0.717) is 19.4 Å². The maximum Gasteiger partial charge on any atom is 0.245 e. The lowest BCUT2D eigenvalue weighted by Gasteiger charge is -2.29. The van der Waals surface area contributed by atoms with Gasteiger partial charge in [-0.2, -0.15) is 0 Å². The first-order chi connectivity index (χ1) is 9.13. The molecule has 5 nitrogen and oxygen atoms in total. The van der Waals surface area contributed by atoms with Gasteiger partial charge >= 0.3 is 0 Å². The predicted molar refractivity (Wildman–Crippen MR) is 71.2 cm³/mol. The van der Waals surface area contributed by atoms with Crippen molar-refractivity contribution in [1.29, 1.82) is 0 Å². The molecule has 0 bridgehead atoms. The highest BCUT2D eigenvalue weighted by atomic mass is 16.2. The second-order valence-corrected chi connectivity index (χ2v) is 4.77. The summed E-state index contributed by atoms with van der Waals surface area (Å²) in [7, 11) is 0. The van der Waals surface area contributed by atoms with Crippen LogP contribution in [0.25, 0.3) is 0 Å². The number of nitrogens with one attached hydrogen (secondary N) is 1. The zero-order chi connectivity index (χ0) is 13.8. The number of carbonyl (C=O) groups excluding carboxylic acids is 2. The summed E-state index contributed by atoms with van der Waals surface area (Å²) < 4.78 is 0. The van der Waals surface area contributed by atoms with Crippen molar-refractivity contribution < 1.29 is 9.59 Å². The van der Waals surface area contributed by atoms with E-state index < -0.39 is 6.04 Å². The van der Waals surface area contributed by atoms with E-state index in [-0.39, 0.29) is 17.9 Å². The number of pyridine rings is 1. The quantitative estimate of drug-likeness (QED) is 0.891. The van der Waals surface area contributed by atoms with Crippen LogP contribution in [0, 0.1) is 0 Å². The van der Waals surface area contributed by atoms with Crippen molar-refractivity contribution in [3.8, 4) is 0 Å². The van der Waals surface area contributed by atoms with Crippen molar-refractivity contribution in [2.45, 2.75) is 38.8 Å². The Bertz CT molecular complexity index is 461. The van der Waals surface area contributed by atoms with Gasteiger partial charge in [-0.05, 0) is 25.0 Å². The average molecular weight is 261 g/mol. The van der Waals surface area contributed by atoms with Crippen LogP contribution in [0.15, 0.2) is 24.5 Å². The van der Waals surface area contributed by atoms with Crippen molar-refractivity contribution >= 4 is 11.8 Å². The third-order valence-electron chi connectivity index (χ3n) is 3.54. The normalized spacial score (nSPS) is 21.8. The van der Waals surface area contributed by atoms with Gasteiger partial charge in [-0.1, -0.05) is 13.0 Å². The molecule has 2 amide bonds. The van der Waals surface area contributed by atoms with E-state index in [2.05, 4.69) is 10.3 Å². The molecule has 19 heavy (non-hydrogen) atoms. The van der Waals surface area contributed by atoms with Gasteiger partial charge in [0.15, 0.2) is 0 Å². The molecule has 0 radical (unpaired) electrons. The zero-order valence-corrected chi connectivity index (χ0v) is 11.3. The highest BCUT2D eigenvalue weighted by Crippen LogP contribution is 2.22. The summed E-state index contributed by atoms with van der Waals surface area (Å²) in [6, 6.07) is 3.33. The lowest BCUT2D eigenvalue weighted by atomic mass is 10.1. The largest absolute Gasteiger partial charge is 0.344 e. The third-order valence-corrected chi connectivity index (χ3v) is 3.54. The van der Waals surface area contributed by atoms with Crippen molar-refractivity contribution in [1.82, 2.24) is 15.2 Å². The van der Waals surface area contributed by atoms with Crippen LogP contribution in [0.5, 0.6) is 0 Å². The summed E-state index contributed by atoms with van der Waals surface area (Å²) in [5, 5.41) is 2.77. The topological polar surface area (TPSA) is 62.3 Å². The minimum absolute atomic E-state index is 0.00953. The monoisotopic (exact) mass is 261 g/mol. The molecule has 0 aromatic carbocycles. The maximum absolute atomic E-state index is 12.4. The van der Waals surface area contributed by atoms with Crippen LogP contribution < -0.4 is 5.32 Å². The van der Waals surface area contributed by atoms with Gasteiger partial charge < -0.3 is 10.2 Å². The standard InChI is InChI=1S/C14H19N3O2/c1-3-12-14(19)17(8-6-13(18)16-12)10(2)11-5-4-7-15-9-11/h4-5,7,9-10,12H,3,6,8H2,1-2H3,(H,16,18). The van der Waals surface area contributed by atoms with Gasteiger partial charge in [-0.25, -0.2) is 0 Å². The molecule has 2 rings (SSSR count). The molecule has 1 N–H and O–H groups in total. The molecule has 102 valence electrons. The third kappa shape index (κ3) is 2.92. The molecule has 0 saturated carbocycles. The molecule has 0 spiro atoms. The molecule has 1 aliphatic rings. The number of aromatic nitrogens is 1. The highest BCUT2D eigenvalue weighted by Gasteiger charge is 2.31. The summed E-state index contributed by atoms with van der Waals surface area (Å²) in [6.07, 6.45) is 4.44. The van der Waals surface area contributed by atoms with Crippen LogP contribution in [0.2, 0.25) is 0 Å². The average Bonchev–Trinajstić information content (AvgIpc) is 2.58. The smallest absolute Gasteiger partial charge is 0.245 e. The number of carbonyl (C=O) groups is 2. The van der Waals surface area contributed by atoms with Gasteiger partial charge in [0.1, 0.15) is 6.04 Å². The molecule has 2 atom stereocenters. The van der Waals surface area contributed by atoms with Crippen LogP contribution in [-0.4, -0.2) is 34.3 Å². The van der Waals surface area contributed by atoms with Gasteiger partial charge in [0.25, 0.3) is 0 Å². The van der Waals surface area contributed by atoms with Crippen LogP contribution in [0.3, 0.4) is 0 Å². The fourth-order valence-electron chi connectivity index (χ4n) is 2.32. The minimum atomic E-state index is -0.408. The van der Waals surface area contributed by atoms with Gasteiger partial charge in [-0.15, -0.1) is 0 Å². The first kappa shape index (κ1) is 13.5. The zero-order valence-electron chi connectivity index (χ0n) is 11.3. The Morgan fingerprint density at radius 1 is 1.53 bits per heavy atom. The molecule has 1 saturated heterocycles. The molecular weight excluding hydrogens is 242 g/mol. The van der Waals surface area contributed by atoms with E-state index in [1.807, 2.05) is 26.0 Å². The van der Waals surface area contributed by atoms with Crippen LogP contribution in [0.1, 0.15) is 38.3 Å². The predicted octanol–water partition coefficient (Wildman–Crippen LogP) is 1.27. The Labute approximate surface area is 113 Å². The van der Waals surface area contributed by atoms with Crippen LogP contribution in [0.4, 0.5) is 0 Å². The fourth-order valence-corrected chi connectivity index (χ4v) is 2.32. The summed E-state index contributed by atoms with van der Waals surface area (Å²) >= 11 is 0. The van der Waals surface area contributed by atoms with Gasteiger partial charge in [0.2, 0.25) is 11.8 Å². The number of amides is 2. The first-order valence-corrected chi connectivity index (χ1v) is 6.63. The molecule has 2 heterocycles. The SMILES string of the molecule is CCC1NC(=O)CCN(C(C)c2cccnc2)C1=O. The van der Waals surface area contributed by atoms with Crippen LogP contribution in [-0.2, 0) is 9.59 Å². The highest BCUT2D eigenvalue weighted by molar-refractivity contribution is 5.90. The lowest BCUT2D eigenvalue weighted by molar-refractivity contribution is -0.135. The summed E-state index contributed by atoms with van der Waals surface area (Å²) in [6.45, 7) is 4.33. The molecular formula is C14H19N3O2. The van der Waals surface area contributed by atoms with Crippen molar-refractivity contribution in [3.05, 3.63) is 30.1 Å². The van der Waals surface area contributed by atoms with E-state index in [0.717, 1.165) is 5.56 Å². The Kier molecular flexibility index (Phi) is 4.14. The van der Waals surface area contributed by atoms with E-state index in [9.17, 15) is 9.59 Å². The molecule has 2 unspecified atom stereocenters. The summed E-state index contributed by atoms with van der Waals surface area (Å²) in [5.41, 5.74) is 0.986. The number of rotatable bonds is 3. The van der Waals surface area contributed by atoms with Crippen molar-refractivity contribution in [2.75, 3.05) is 6.54 Å². The second kappa shape index (κ2) is 5.82. The first-order valence-electron chi connectivity index (χ1n) is 6.63. The summed E-state index contributed by atoms with van der Waals surface area (Å²) in [4.78, 5) is 29.9. The van der Waals surface area contributed by atoms with Crippen molar-refractivity contribution in [3.63, 3.8) is 0 Å². The van der Waals surface area contributed by atoms with Gasteiger partial charge in [0.05, 0.1) is 6.04 Å². The molecule has 1 fully saturated rings. The maximum atomic E-state index is 12.4. The Morgan fingerprint density at radius 3 is 2.95 bits per heavy atom. The molecule has 1 aliphatic heterocycles. The van der Waals surface area contributed by atoms with Gasteiger partial charge in [-0.3, -0.25) is 14.6 Å². The fraction of sp³-hybridized carbons (Fsp3) is 0.500. The molecule has 1 aromatic rings. The summed E-state index contributed by atoms with van der Waals surface area (Å²) in [5.74, 6) is -0.0641. The molecule has 1 aromatic heterocycles. The number of hydrogen-bond acceptors (Lipinski definition) is 3.